The Morgan fingerprint density at radius 3 is 3.00 bits per heavy atom. The van der Waals surface area contributed by atoms with Gasteiger partial charge in [0.2, 0.25) is 0 Å². The van der Waals surface area contributed by atoms with Crippen LogP contribution >= 0.6 is 22.6 Å². The van der Waals surface area contributed by atoms with Crippen molar-refractivity contribution in [2.24, 2.45) is 17.8 Å². The standard InChI is InChI=1S/C9H10INO2/c1-4-2-5-6(3-11)9(12)13-8(5)7(4)10/h4-8H,2H2,1H3/t4?,5?,6-,7?,8?/m1/s1. The molecule has 0 radical (unpaired) electrons. The predicted octanol–water partition coefficient (Wildman–Crippen LogP) is 1.51. The third-order valence-corrected chi connectivity index (χ3v) is 4.93. The van der Waals surface area contributed by atoms with E-state index in [2.05, 4.69) is 29.5 Å². The molecule has 2 rings (SSSR count). The third-order valence-electron chi connectivity index (χ3n) is 3.00. The third kappa shape index (κ3) is 1.25. The van der Waals surface area contributed by atoms with Crippen molar-refractivity contribution in [1.82, 2.24) is 0 Å². The van der Waals surface area contributed by atoms with Crippen molar-refractivity contribution >= 4 is 28.6 Å². The molecule has 13 heavy (non-hydrogen) atoms. The van der Waals surface area contributed by atoms with E-state index in [1.165, 1.54) is 0 Å². The van der Waals surface area contributed by atoms with Crippen molar-refractivity contribution in [2.45, 2.75) is 23.4 Å². The van der Waals surface area contributed by atoms with Gasteiger partial charge >= 0.3 is 5.97 Å². The summed E-state index contributed by atoms with van der Waals surface area (Å²) in [6.07, 6.45) is 0.940. The molecule has 0 aromatic rings. The van der Waals surface area contributed by atoms with Crippen LogP contribution in [0, 0.1) is 29.1 Å². The number of ether oxygens (including phenoxy) is 1. The van der Waals surface area contributed by atoms with Crippen molar-refractivity contribution in [1.29, 1.82) is 5.26 Å². The summed E-state index contributed by atoms with van der Waals surface area (Å²) < 4.78 is 5.58. The van der Waals surface area contributed by atoms with Gasteiger partial charge in [0, 0.05) is 5.92 Å². The van der Waals surface area contributed by atoms with Crippen molar-refractivity contribution in [3.05, 3.63) is 0 Å². The topological polar surface area (TPSA) is 50.1 Å². The smallest absolute Gasteiger partial charge is 0.324 e. The van der Waals surface area contributed by atoms with Gasteiger partial charge < -0.3 is 4.74 Å². The first kappa shape index (κ1) is 9.25. The molecule has 0 amide bonds. The summed E-state index contributed by atoms with van der Waals surface area (Å²) in [5.41, 5.74) is 0. The van der Waals surface area contributed by atoms with Gasteiger partial charge in [0.05, 0.1) is 9.99 Å². The quantitative estimate of drug-likeness (QED) is 0.386. The van der Waals surface area contributed by atoms with Gasteiger partial charge in [-0.2, -0.15) is 5.26 Å². The first-order valence-corrected chi connectivity index (χ1v) is 5.64. The second-order valence-corrected chi connectivity index (χ2v) is 5.27. The Morgan fingerprint density at radius 2 is 2.38 bits per heavy atom. The minimum absolute atomic E-state index is 0.00671. The Morgan fingerprint density at radius 1 is 1.69 bits per heavy atom. The molecule has 3 nitrogen and oxygen atoms in total. The molecule has 1 aliphatic carbocycles. The van der Waals surface area contributed by atoms with Gasteiger partial charge in [-0.15, -0.1) is 0 Å². The van der Waals surface area contributed by atoms with Gasteiger partial charge in [-0.05, 0) is 12.3 Å². The van der Waals surface area contributed by atoms with Crippen molar-refractivity contribution in [2.75, 3.05) is 0 Å². The minimum Gasteiger partial charge on any atom is -0.460 e. The number of hydrogen-bond acceptors (Lipinski definition) is 3. The molecular formula is C9H10INO2. The van der Waals surface area contributed by atoms with E-state index in [0.29, 0.717) is 9.84 Å². The van der Waals surface area contributed by atoms with Gasteiger partial charge in [-0.1, -0.05) is 29.5 Å². The molecule has 1 heterocycles. The highest BCUT2D eigenvalue weighted by atomic mass is 127. The number of halogens is 1. The maximum atomic E-state index is 11.2. The molecule has 4 unspecified atom stereocenters. The number of nitrogens with zero attached hydrogens (tertiary/aromatic N) is 1. The van der Waals surface area contributed by atoms with Gasteiger partial charge in [-0.3, -0.25) is 4.79 Å². The zero-order valence-corrected chi connectivity index (χ0v) is 9.39. The number of esters is 1. The van der Waals surface area contributed by atoms with Gasteiger partial charge in [0.15, 0.2) is 0 Å². The van der Waals surface area contributed by atoms with E-state index < -0.39 is 5.92 Å². The molecule has 0 N–H and O–H groups in total. The summed E-state index contributed by atoms with van der Waals surface area (Å²) in [6.45, 7) is 2.15. The monoisotopic (exact) mass is 291 g/mol. The SMILES string of the molecule is CC1CC2C(OC(=O)[C@@H]2C#N)C1I. The highest BCUT2D eigenvalue weighted by molar-refractivity contribution is 14.1. The second-order valence-electron chi connectivity index (χ2n) is 3.83. The molecule has 2 fully saturated rings. The fourth-order valence-electron chi connectivity index (χ4n) is 2.26. The summed E-state index contributed by atoms with van der Waals surface area (Å²) in [5, 5.41) is 8.80. The van der Waals surface area contributed by atoms with Crippen LogP contribution in [0.15, 0.2) is 0 Å². The second kappa shape index (κ2) is 3.12. The maximum absolute atomic E-state index is 11.2. The number of nitriles is 1. The molecule has 1 saturated heterocycles. The minimum atomic E-state index is -0.507. The van der Waals surface area contributed by atoms with E-state index in [-0.39, 0.29) is 18.0 Å². The summed E-state index contributed by atoms with van der Waals surface area (Å²) in [6, 6.07) is 2.05. The summed E-state index contributed by atoms with van der Waals surface area (Å²) >= 11 is 2.32. The van der Waals surface area contributed by atoms with Crippen molar-refractivity contribution in [3.63, 3.8) is 0 Å². The molecule has 1 saturated carbocycles. The molecule has 70 valence electrons. The summed E-state index contributed by atoms with van der Waals surface area (Å²) in [4.78, 5) is 11.2. The van der Waals surface area contributed by atoms with Crippen LogP contribution in [-0.4, -0.2) is 16.0 Å². The zero-order chi connectivity index (χ0) is 9.59. The number of hydrogen-bond donors (Lipinski definition) is 0. The zero-order valence-electron chi connectivity index (χ0n) is 7.24. The average Bonchev–Trinajstić information content (AvgIpc) is 2.52. The van der Waals surface area contributed by atoms with Crippen LogP contribution in [-0.2, 0) is 9.53 Å². The van der Waals surface area contributed by atoms with Crippen LogP contribution in [0.5, 0.6) is 0 Å². The fourth-order valence-corrected chi connectivity index (χ4v) is 3.24. The van der Waals surface area contributed by atoms with Gasteiger partial charge in [-0.25, -0.2) is 0 Å². The van der Waals surface area contributed by atoms with E-state index in [9.17, 15) is 4.79 Å². The molecule has 0 spiro atoms. The summed E-state index contributed by atoms with van der Waals surface area (Å²) in [5.74, 6) is -0.118. The van der Waals surface area contributed by atoms with Crippen LogP contribution in [0.4, 0.5) is 0 Å². The van der Waals surface area contributed by atoms with E-state index in [1.807, 2.05) is 6.07 Å². The highest BCUT2D eigenvalue weighted by Gasteiger charge is 2.53. The molecule has 5 atom stereocenters. The van der Waals surface area contributed by atoms with E-state index >= 15 is 0 Å². The van der Waals surface area contributed by atoms with Gasteiger partial charge in [0.25, 0.3) is 0 Å². The lowest BCUT2D eigenvalue weighted by atomic mass is 9.93. The van der Waals surface area contributed by atoms with Crippen LogP contribution in [0.1, 0.15) is 13.3 Å². The molecule has 4 heteroatoms. The molecule has 0 bridgehead atoms. The molecule has 2 aliphatic rings. The van der Waals surface area contributed by atoms with Crippen LogP contribution in [0.2, 0.25) is 0 Å². The van der Waals surface area contributed by atoms with Crippen LogP contribution in [0.3, 0.4) is 0 Å². The predicted molar refractivity (Wildman–Crippen MR) is 54.1 cm³/mol. The number of fused-ring (bicyclic) bond motifs is 1. The Labute approximate surface area is 90.6 Å². The fraction of sp³-hybridized carbons (Fsp3) is 0.778. The average molecular weight is 291 g/mol. The Hall–Kier alpha value is -0.310. The Bertz CT molecular complexity index is 286. The number of alkyl halides is 1. The lowest BCUT2D eigenvalue weighted by molar-refractivity contribution is -0.143. The number of rotatable bonds is 0. The summed E-state index contributed by atoms with van der Waals surface area (Å²) in [7, 11) is 0. The van der Waals surface area contributed by atoms with E-state index in [1.54, 1.807) is 0 Å². The van der Waals surface area contributed by atoms with Crippen molar-refractivity contribution in [3.8, 4) is 6.07 Å². The Balaban J connectivity index is 2.23. The molecular weight excluding hydrogens is 281 g/mol. The lowest BCUT2D eigenvalue weighted by Crippen LogP contribution is -2.21. The molecule has 0 aromatic heterocycles. The maximum Gasteiger partial charge on any atom is 0.324 e. The largest absolute Gasteiger partial charge is 0.460 e. The van der Waals surface area contributed by atoms with E-state index in [4.69, 9.17) is 10.00 Å². The van der Waals surface area contributed by atoms with Crippen molar-refractivity contribution < 1.29 is 9.53 Å². The normalized spacial score (nSPS) is 48.4. The molecule has 1 aliphatic heterocycles. The highest BCUT2D eigenvalue weighted by Crippen LogP contribution is 2.46. The first-order chi connectivity index (χ1) is 6.15. The first-order valence-electron chi connectivity index (χ1n) is 4.39. The molecule has 0 aromatic carbocycles. The lowest BCUT2D eigenvalue weighted by Gasteiger charge is -2.13. The number of carbonyl (C=O) groups is 1. The number of carbonyl (C=O) groups excluding carboxylic acids is 1. The van der Waals surface area contributed by atoms with E-state index in [0.717, 1.165) is 6.42 Å². The van der Waals surface area contributed by atoms with Crippen LogP contribution < -0.4 is 0 Å². The Kier molecular flexibility index (Phi) is 2.22. The van der Waals surface area contributed by atoms with Gasteiger partial charge in [0.1, 0.15) is 12.0 Å². The van der Waals surface area contributed by atoms with Crippen LogP contribution in [0.25, 0.3) is 0 Å².